The number of benzene rings is 1. The minimum absolute atomic E-state index is 0.254. The van der Waals surface area contributed by atoms with Gasteiger partial charge in [0.05, 0.1) is 0 Å². The summed E-state index contributed by atoms with van der Waals surface area (Å²) in [7, 11) is 0. The smallest absolute Gasteiger partial charge is 0.341 e. The monoisotopic (exact) mass is 350 g/mol. The van der Waals surface area contributed by atoms with Crippen LogP contribution in [0, 0.1) is 0 Å². The molecule has 7 heteroatoms. The first-order valence-electron chi connectivity index (χ1n) is 5.95. The third-order valence-electron chi connectivity index (χ3n) is 2.69. The first-order chi connectivity index (χ1) is 9.97. The summed E-state index contributed by atoms with van der Waals surface area (Å²) in [6.45, 7) is -0.254. The molecule has 0 saturated carbocycles. The fraction of sp³-hybridized carbons (Fsp3) is 0.0714. The second-order valence-corrected chi connectivity index (χ2v) is 5.13. The van der Waals surface area contributed by atoms with E-state index in [0.29, 0.717) is 5.69 Å². The number of carbonyl (C=O) groups is 2. The van der Waals surface area contributed by atoms with E-state index in [1.54, 1.807) is 24.3 Å². The van der Waals surface area contributed by atoms with E-state index in [0.717, 1.165) is 9.04 Å². The quantitative estimate of drug-likeness (QED) is 0.881. The molecule has 108 valence electrons. The van der Waals surface area contributed by atoms with Crippen LogP contribution in [-0.4, -0.2) is 21.6 Å². The summed E-state index contributed by atoms with van der Waals surface area (Å²) < 4.78 is 1.93. The molecule has 0 aliphatic carbocycles. The Hall–Kier alpha value is -2.41. The zero-order chi connectivity index (χ0) is 15.4. The van der Waals surface area contributed by atoms with E-state index in [4.69, 9.17) is 5.11 Å². The Labute approximate surface area is 128 Å². The first-order valence-corrected chi connectivity index (χ1v) is 6.75. The molecule has 1 aromatic heterocycles. The van der Waals surface area contributed by atoms with E-state index >= 15 is 0 Å². The van der Waals surface area contributed by atoms with Gasteiger partial charge in [-0.15, -0.1) is 0 Å². The fourth-order valence-corrected chi connectivity index (χ4v) is 1.98. The highest BCUT2D eigenvalue weighted by molar-refractivity contribution is 9.10. The van der Waals surface area contributed by atoms with Gasteiger partial charge in [0.1, 0.15) is 12.1 Å². The van der Waals surface area contributed by atoms with Crippen LogP contribution in [0.5, 0.6) is 0 Å². The average Bonchev–Trinajstić information content (AvgIpc) is 2.43. The Morgan fingerprint density at radius 1 is 1.19 bits per heavy atom. The van der Waals surface area contributed by atoms with Crippen LogP contribution in [0.25, 0.3) is 0 Å². The summed E-state index contributed by atoms with van der Waals surface area (Å²) >= 11 is 3.28. The molecule has 0 bridgehead atoms. The van der Waals surface area contributed by atoms with Gasteiger partial charge < -0.3 is 15.0 Å². The van der Waals surface area contributed by atoms with Crippen molar-refractivity contribution in [3.8, 4) is 0 Å². The Bertz CT molecular complexity index is 737. The highest BCUT2D eigenvalue weighted by atomic mass is 79.9. The molecule has 0 aliphatic rings. The van der Waals surface area contributed by atoms with Gasteiger partial charge in [-0.2, -0.15) is 0 Å². The number of hydrogen-bond acceptors (Lipinski definition) is 3. The lowest BCUT2D eigenvalue weighted by Gasteiger charge is -2.08. The number of carboxylic acids is 1. The highest BCUT2D eigenvalue weighted by Crippen LogP contribution is 2.13. The summed E-state index contributed by atoms with van der Waals surface area (Å²) in [5, 5.41) is 11.5. The maximum absolute atomic E-state index is 11.9. The number of rotatable bonds is 4. The minimum Gasteiger partial charge on any atom is -0.477 e. The molecular weight excluding hydrogens is 340 g/mol. The van der Waals surface area contributed by atoms with Gasteiger partial charge in [-0.3, -0.25) is 9.59 Å². The van der Waals surface area contributed by atoms with E-state index in [1.807, 2.05) is 0 Å². The first kappa shape index (κ1) is 15.0. The fourth-order valence-electron chi connectivity index (χ4n) is 1.71. The number of pyridine rings is 1. The van der Waals surface area contributed by atoms with Crippen molar-refractivity contribution in [2.24, 2.45) is 0 Å². The van der Waals surface area contributed by atoms with Crippen LogP contribution in [0.3, 0.4) is 0 Å². The second-order valence-electron chi connectivity index (χ2n) is 4.22. The molecule has 0 radical (unpaired) electrons. The number of aromatic carboxylic acids is 1. The van der Waals surface area contributed by atoms with Crippen molar-refractivity contribution in [1.82, 2.24) is 4.57 Å². The van der Waals surface area contributed by atoms with Gasteiger partial charge in [0.15, 0.2) is 0 Å². The van der Waals surface area contributed by atoms with Gasteiger partial charge in [-0.25, -0.2) is 4.79 Å². The Balaban J connectivity index is 2.13. The number of nitrogens with zero attached hydrogens (tertiary/aromatic N) is 1. The van der Waals surface area contributed by atoms with Crippen molar-refractivity contribution in [1.29, 1.82) is 0 Å². The van der Waals surface area contributed by atoms with Crippen LogP contribution >= 0.6 is 15.9 Å². The van der Waals surface area contributed by atoms with E-state index in [-0.39, 0.29) is 12.1 Å². The van der Waals surface area contributed by atoms with E-state index in [1.165, 1.54) is 18.3 Å². The van der Waals surface area contributed by atoms with Crippen molar-refractivity contribution in [2.45, 2.75) is 6.54 Å². The van der Waals surface area contributed by atoms with Gasteiger partial charge in [0.2, 0.25) is 5.91 Å². The number of halogens is 1. The lowest BCUT2D eigenvalue weighted by atomic mass is 10.3. The van der Waals surface area contributed by atoms with Gasteiger partial charge in [-0.1, -0.05) is 15.9 Å². The average molecular weight is 351 g/mol. The summed E-state index contributed by atoms with van der Waals surface area (Å²) in [6, 6.07) is 9.57. The molecule has 0 fully saturated rings. The number of amides is 1. The molecule has 1 amide bonds. The number of aromatic nitrogens is 1. The predicted molar refractivity (Wildman–Crippen MR) is 80.4 cm³/mol. The zero-order valence-electron chi connectivity index (χ0n) is 10.7. The summed E-state index contributed by atoms with van der Waals surface area (Å²) in [5.41, 5.74) is -0.490. The van der Waals surface area contributed by atoms with Crippen LogP contribution in [-0.2, 0) is 11.3 Å². The summed E-state index contributed by atoms with van der Waals surface area (Å²) in [4.78, 5) is 34.6. The molecule has 21 heavy (non-hydrogen) atoms. The van der Waals surface area contributed by atoms with Gasteiger partial charge >= 0.3 is 5.97 Å². The maximum atomic E-state index is 11.9. The van der Waals surface area contributed by atoms with Crippen molar-refractivity contribution in [3.05, 3.63) is 63.0 Å². The number of carboxylic acid groups (broad SMARTS) is 1. The van der Waals surface area contributed by atoms with Crippen LogP contribution in [0.15, 0.2) is 51.9 Å². The normalized spacial score (nSPS) is 10.1. The third kappa shape index (κ3) is 3.79. The Morgan fingerprint density at radius 2 is 1.86 bits per heavy atom. The molecule has 2 aromatic rings. The molecule has 0 saturated heterocycles. The van der Waals surface area contributed by atoms with Gasteiger partial charge in [0, 0.05) is 16.4 Å². The van der Waals surface area contributed by atoms with Gasteiger partial charge in [-0.05, 0) is 36.4 Å². The van der Waals surface area contributed by atoms with Crippen LogP contribution < -0.4 is 10.9 Å². The van der Waals surface area contributed by atoms with Crippen LogP contribution in [0.2, 0.25) is 0 Å². The second kappa shape index (κ2) is 6.36. The molecule has 0 spiro atoms. The van der Waals surface area contributed by atoms with Crippen LogP contribution in [0.1, 0.15) is 10.4 Å². The molecule has 2 rings (SSSR count). The lowest BCUT2D eigenvalue weighted by molar-refractivity contribution is -0.116. The maximum Gasteiger partial charge on any atom is 0.341 e. The number of nitrogens with one attached hydrogen (secondary N) is 1. The number of anilines is 1. The van der Waals surface area contributed by atoms with Crippen molar-refractivity contribution in [3.63, 3.8) is 0 Å². The largest absolute Gasteiger partial charge is 0.477 e. The topological polar surface area (TPSA) is 88.4 Å². The predicted octanol–water partition coefficient (Wildman–Crippen LogP) is 1.95. The standard InChI is InChI=1S/C14H11BrN2O4/c15-9-3-5-10(6-4-9)16-12(18)8-17-7-1-2-11(13(17)19)14(20)21/h1-7H,8H2,(H,16,18)(H,20,21). The van der Waals surface area contributed by atoms with Crippen molar-refractivity contribution >= 4 is 33.5 Å². The summed E-state index contributed by atoms with van der Waals surface area (Å²) in [5.74, 6) is -1.73. The van der Waals surface area contributed by atoms with E-state index in [9.17, 15) is 14.4 Å². The highest BCUT2D eigenvalue weighted by Gasteiger charge is 2.12. The zero-order valence-corrected chi connectivity index (χ0v) is 12.3. The van der Waals surface area contributed by atoms with Crippen molar-refractivity contribution in [2.75, 3.05) is 5.32 Å². The van der Waals surface area contributed by atoms with E-state index in [2.05, 4.69) is 21.2 Å². The van der Waals surface area contributed by atoms with Crippen molar-refractivity contribution < 1.29 is 14.7 Å². The Morgan fingerprint density at radius 3 is 2.48 bits per heavy atom. The van der Waals surface area contributed by atoms with E-state index < -0.39 is 17.4 Å². The number of carbonyl (C=O) groups excluding carboxylic acids is 1. The molecule has 0 atom stereocenters. The third-order valence-corrected chi connectivity index (χ3v) is 3.22. The SMILES string of the molecule is O=C(Cn1cccc(C(=O)O)c1=O)Nc1ccc(Br)cc1. The molecule has 0 aliphatic heterocycles. The van der Waals surface area contributed by atoms with Gasteiger partial charge in [0.25, 0.3) is 5.56 Å². The lowest BCUT2D eigenvalue weighted by Crippen LogP contribution is -2.30. The minimum atomic E-state index is -1.32. The molecular formula is C14H11BrN2O4. The summed E-state index contributed by atoms with van der Waals surface area (Å²) in [6.07, 6.45) is 1.37. The molecule has 2 N–H and O–H groups in total. The molecule has 1 aromatic carbocycles. The molecule has 1 heterocycles. The molecule has 6 nitrogen and oxygen atoms in total. The Kier molecular flexibility index (Phi) is 4.54. The van der Waals surface area contributed by atoms with Crippen LogP contribution in [0.4, 0.5) is 5.69 Å². The number of hydrogen-bond donors (Lipinski definition) is 2. The molecule has 0 unspecified atom stereocenters.